The highest BCUT2D eigenvalue weighted by molar-refractivity contribution is 7.99. The van der Waals surface area contributed by atoms with Crippen molar-refractivity contribution in [1.29, 1.82) is 0 Å². The molecule has 0 saturated carbocycles. The third-order valence-corrected chi connectivity index (χ3v) is 4.51. The second kappa shape index (κ2) is 6.53. The van der Waals surface area contributed by atoms with E-state index in [4.69, 9.17) is 10.7 Å². The minimum atomic E-state index is 0.421. The molecule has 3 nitrogen and oxygen atoms in total. The monoisotopic (exact) mass is 291 g/mol. The highest BCUT2D eigenvalue weighted by Crippen LogP contribution is 2.29. The second-order valence-electron chi connectivity index (χ2n) is 5.58. The maximum absolute atomic E-state index is 5.88. The van der Waals surface area contributed by atoms with Crippen LogP contribution >= 0.6 is 11.8 Å². The Morgan fingerprint density at radius 1 is 1.30 bits per heavy atom. The molecule has 0 radical (unpaired) electrons. The van der Waals surface area contributed by atoms with Crippen molar-refractivity contribution in [2.45, 2.75) is 46.1 Å². The number of nitrogen functional groups attached to an aromatic ring is 1. The SMILES string of the molecule is CCSCCC(C)n1c(C(C)C)nc2cc(N)ccc21. The number of aromatic nitrogens is 2. The molecule has 0 amide bonds. The first-order valence-electron chi connectivity index (χ1n) is 7.39. The molecular formula is C16H25N3S. The highest BCUT2D eigenvalue weighted by atomic mass is 32.2. The van der Waals surface area contributed by atoms with Crippen molar-refractivity contribution >= 4 is 28.5 Å². The van der Waals surface area contributed by atoms with Crippen molar-refractivity contribution < 1.29 is 0 Å². The van der Waals surface area contributed by atoms with Crippen molar-refractivity contribution in [1.82, 2.24) is 9.55 Å². The van der Waals surface area contributed by atoms with Crippen LogP contribution < -0.4 is 5.73 Å². The maximum Gasteiger partial charge on any atom is 0.112 e. The summed E-state index contributed by atoms with van der Waals surface area (Å²) in [7, 11) is 0. The molecule has 0 fully saturated rings. The van der Waals surface area contributed by atoms with Gasteiger partial charge in [-0.3, -0.25) is 0 Å². The average molecular weight is 291 g/mol. The van der Waals surface area contributed by atoms with Crippen LogP contribution in [0.1, 0.15) is 51.9 Å². The van der Waals surface area contributed by atoms with Crippen LogP contribution in [0.15, 0.2) is 18.2 Å². The Labute approximate surface area is 125 Å². The van der Waals surface area contributed by atoms with Crippen molar-refractivity contribution in [3.05, 3.63) is 24.0 Å². The lowest BCUT2D eigenvalue weighted by molar-refractivity contribution is 0.513. The summed E-state index contributed by atoms with van der Waals surface area (Å²) in [5.74, 6) is 3.97. The summed E-state index contributed by atoms with van der Waals surface area (Å²) in [5, 5.41) is 0. The lowest BCUT2D eigenvalue weighted by atomic mass is 10.1. The maximum atomic E-state index is 5.88. The molecule has 0 saturated heterocycles. The Hall–Kier alpha value is -1.16. The summed E-state index contributed by atoms with van der Waals surface area (Å²) >= 11 is 2.00. The zero-order valence-electron chi connectivity index (χ0n) is 12.9. The van der Waals surface area contributed by atoms with E-state index in [0.29, 0.717) is 12.0 Å². The van der Waals surface area contributed by atoms with Gasteiger partial charge in [0.2, 0.25) is 0 Å². The van der Waals surface area contributed by atoms with Crippen LogP contribution in [0, 0.1) is 0 Å². The topological polar surface area (TPSA) is 43.8 Å². The van der Waals surface area contributed by atoms with Gasteiger partial charge < -0.3 is 10.3 Å². The number of imidazole rings is 1. The molecule has 2 N–H and O–H groups in total. The van der Waals surface area contributed by atoms with Crippen LogP contribution in [-0.4, -0.2) is 21.1 Å². The highest BCUT2D eigenvalue weighted by Gasteiger charge is 2.17. The van der Waals surface area contributed by atoms with Crippen LogP contribution in [-0.2, 0) is 0 Å². The number of anilines is 1. The average Bonchev–Trinajstić information content (AvgIpc) is 2.77. The Morgan fingerprint density at radius 3 is 2.70 bits per heavy atom. The molecule has 0 aliphatic carbocycles. The smallest absolute Gasteiger partial charge is 0.112 e. The molecule has 1 aromatic carbocycles. The van der Waals surface area contributed by atoms with Gasteiger partial charge in [0.1, 0.15) is 5.82 Å². The number of nitrogens with two attached hydrogens (primary N) is 1. The molecule has 20 heavy (non-hydrogen) atoms. The van der Waals surface area contributed by atoms with Crippen LogP contribution in [0.25, 0.3) is 11.0 Å². The zero-order valence-corrected chi connectivity index (χ0v) is 13.7. The van der Waals surface area contributed by atoms with Gasteiger partial charge >= 0.3 is 0 Å². The van der Waals surface area contributed by atoms with Crippen molar-refractivity contribution in [2.75, 3.05) is 17.2 Å². The first-order valence-corrected chi connectivity index (χ1v) is 8.55. The summed E-state index contributed by atoms with van der Waals surface area (Å²) in [6.07, 6.45) is 1.17. The predicted octanol–water partition coefficient (Wildman–Crippen LogP) is 4.45. The molecule has 1 atom stereocenters. The predicted molar refractivity (Wildman–Crippen MR) is 90.6 cm³/mol. The van der Waals surface area contributed by atoms with E-state index in [2.05, 4.69) is 38.3 Å². The zero-order chi connectivity index (χ0) is 14.7. The molecule has 4 heteroatoms. The molecule has 2 rings (SSSR count). The first-order chi connectivity index (χ1) is 9.54. The summed E-state index contributed by atoms with van der Waals surface area (Å²) in [5.41, 5.74) is 8.89. The normalized spacial score (nSPS) is 13.2. The van der Waals surface area contributed by atoms with E-state index < -0.39 is 0 Å². The fourth-order valence-corrected chi connectivity index (χ4v) is 3.33. The van der Waals surface area contributed by atoms with Gasteiger partial charge in [0.15, 0.2) is 0 Å². The van der Waals surface area contributed by atoms with Crippen LogP contribution in [0.3, 0.4) is 0 Å². The third kappa shape index (κ3) is 3.11. The van der Waals surface area contributed by atoms with E-state index >= 15 is 0 Å². The van der Waals surface area contributed by atoms with Gasteiger partial charge in [0, 0.05) is 17.6 Å². The fraction of sp³-hybridized carbons (Fsp3) is 0.562. The minimum absolute atomic E-state index is 0.421. The van der Waals surface area contributed by atoms with E-state index in [1.807, 2.05) is 23.9 Å². The van der Waals surface area contributed by atoms with Crippen LogP contribution in [0.5, 0.6) is 0 Å². The van der Waals surface area contributed by atoms with Crippen molar-refractivity contribution in [3.8, 4) is 0 Å². The number of nitrogens with zero attached hydrogens (tertiary/aromatic N) is 2. The van der Waals surface area contributed by atoms with E-state index in [9.17, 15) is 0 Å². The van der Waals surface area contributed by atoms with Crippen molar-refractivity contribution in [2.24, 2.45) is 0 Å². The number of benzene rings is 1. The quantitative estimate of drug-likeness (QED) is 0.632. The standard InChI is InChI=1S/C16H25N3S/c1-5-20-9-8-12(4)19-15-7-6-13(17)10-14(15)18-16(19)11(2)3/h6-7,10-12H,5,8-9,17H2,1-4H3. The first kappa shape index (κ1) is 15.2. The molecular weight excluding hydrogens is 266 g/mol. The fourth-order valence-electron chi connectivity index (χ4n) is 2.53. The molecule has 1 heterocycles. The van der Waals surface area contributed by atoms with Gasteiger partial charge in [-0.15, -0.1) is 0 Å². The second-order valence-corrected chi connectivity index (χ2v) is 6.97. The van der Waals surface area contributed by atoms with Gasteiger partial charge in [-0.05, 0) is 43.0 Å². The van der Waals surface area contributed by atoms with Gasteiger partial charge in [-0.2, -0.15) is 11.8 Å². The third-order valence-electron chi connectivity index (χ3n) is 3.58. The van der Waals surface area contributed by atoms with Gasteiger partial charge in [0.25, 0.3) is 0 Å². The number of thioether (sulfide) groups is 1. The van der Waals surface area contributed by atoms with E-state index in [0.717, 1.165) is 11.2 Å². The van der Waals surface area contributed by atoms with Gasteiger partial charge in [-0.1, -0.05) is 20.8 Å². The number of rotatable bonds is 6. The van der Waals surface area contributed by atoms with Gasteiger partial charge in [0.05, 0.1) is 11.0 Å². The van der Waals surface area contributed by atoms with E-state index in [1.165, 1.54) is 29.3 Å². The minimum Gasteiger partial charge on any atom is -0.399 e. The van der Waals surface area contributed by atoms with Crippen molar-refractivity contribution in [3.63, 3.8) is 0 Å². The Morgan fingerprint density at radius 2 is 2.05 bits per heavy atom. The largest absolute Gasteiger partial charge is 0.399 e. The summed E-state index contributed by atoms with van der Waals surface area (Å²) in [6, 6.07) is 6.52. The Bertz CT molecular complexity index is 574. The number of hydrogen-bond donors (Lipinski definition) is 1. The molecule has 2 aromatic rings. The molecule has 0 spiro atoms. The van der Waals surface area contributed by atoms with E-state index in [-0.39, 0.29) is 0 Å². The molecule has 0 aliphatic heterocycles. The van der Waals surface area contributed by atoms with Crippen LogP contribution in [0.4, 0.5) is 5.69 Å². The summed E-state index contributed by atoms with van der Waals surface area (Å²) < 4.78 is 2.40. The molecule has 1 aromatic heterocycles. The molecule has 0 bridgehead atoms. The lowest BCUT2D eigenvalue weighted by Crippen LogP contribution is -2.11. The summed E-state index contributed by atoms with van der Waals surface area (Å²) in [6.45, 7) is 8.91. The summed E-state index contributed by atoms with van der Waals surface area (Å²) in [4.78, 5) is 4.80. The molecule has 1 unspecified atom stereocenters. The van der Waals surface area contributed by atoms with Crippen LogP contribution in [0.2, 0.25) is 0 Å². The number of fused-ring (bicyclic) bond motifs is 1. The Balaban J connectivity index is 2.40. The molecule has 110 valence electrons. The lowest BCUT2D eigenvalue weighted by Gasteiger charge is -2.19. The molecule has 0 aliphatic rings. The van der Waals surface area contributed by atoms with Gasteiger partial charge in [-0.25, -0.2) is 4.98 Å². The Kier molecular flexibility index (Phi) is 4.97. The number of hydrogen-bond acceptors (Lipinski definition) is 3. The van der Waals surface area contributed by atoms with E-state index in [1.54, 1.807) is 0 Å².